The Kier molecular flexibility index (Phi) is 4.01. The molecule has 120 valence electrons. The van der Waals surface area contributed by atoms with Crippen LogP contribution in [0.4, 0.5) is 17.1 Å². The van der Waals surface area contributed by atoms with Crippen molar-refractivity contribution in [2.75, 3.05) is 0 Å². The maximum atomic E-state index is 10.6. The molecular formula is C16H10ClN3O4. The number of aromatic hydroxyl groups is 2. The number of halogens is 1. The quantitative estimate of drug-likeness (QED) is 0.385. The Morgan fingerprint density at radius 2 is 1.67 bits per heavy atom. The van der Waals surface area contributed by atoms with Crippen LogP contribution in [0.3, 0.4) is 0 Å². The van der Waals surface area contributed by atoms with Crippen molar-refractivity contribution in [3.05, 3.63) is 63.7 Å². The van der Waals surface area contributed by atoms with E-state index in [0.29, 0.717) is 15.8 Å². The lowest BCUT2D eigenvalue weighted by Gasteiger charge is -2.05. The molecule has 3 aromatic rings. The predicted octanol–water partition coefficient (Wildman–Crippen LogP) is 5.23. The first-order valence-electron chi connectivity index (χ1n) is 6.76. The van der Waals surface area contributed by atoms with E-state index >= 15 is 0 Å². The van der Waals surface area contributed by atoms with E-state index in [1.54, 1.807) is 24.3 Å². The van der Waals surface area contributed by atoms with Crippen molar-refractivity contribution in [3.8, 4) is 11.5 Å². The number of azo groups is 1. The molecular weight excluding hydrogens is 334 g/mol. The molecule has 0 amide bonds. The van der Waals surface area contributed by atoms with E-state index in [0.717, 1.165) is 6.07 Å². The van der Waals surface area contributed by atoms with Crippen LogP contribution in [0, 0.1) is 10.1 Å². The molecule has 24 heavy (non-hydrogen) atoms. The van der Waals surface area contributed by atoms with Crippen LogP contribution in [0.1, 0.15) is 0 Å². The zero-order valence-electron chi connectivity index (χ0n) is 12.0. The number of benzene rings is 3. The molecule has 0 radical (unpaired) electrons. The van der Waals surface area contributed by atoms with Crippen LogP contribution < -0.4 is 0 Å². The molecule has 0 spiro atoms. The molecule has 0 aliphatic heterocycles. The summed E-state index contributed by atoms with van der Waals surface area (Å²) in [6.45, 7) is 0. The van der Waals surface area contributed by atoms with Gasteiger partial charge >= 0.3 is 0 Å². The van der Waals surface area contributed by atoms with Crippen molar-refractivity contribution in [1.29, 1.82) is 0 Å². The van der Waals surface area contributed by atoms with Gasteiger partial charge in [-0.15, -0.1) is 10.2 Å². The molecule has 0 saturated heterocycles. The molecule has 0 aliphatic carbocycles. The number of hydrogen-bond acceptors (Lipinski definition) is 6. The van der Waals surface area contributed by atoms with Crippen molar-refractivity contribution < 1.29 is 15.1 Å². The van der Waals surface area contributed by atoms with Crippen molar-refractivity contribution in [3.63, 3.8) is 0 Å². The molecule has 0 aromatic heterocycles. The molecule has 0 saturated carbocycles. The summed E-state index contributed by atoms with van der Waals surface area (Å²) in [6.07, 6.45) is 0. The Morgan fingerprint density at radius 1 is 0.958 bits per heavy atom. The third kappa shape index (κ3) is 2.84. The lowest BCUT2D eigenvalue weighted by Crippen LogP contribution is -1.86. The number of non-ortho nitro benzene ring substituents is 1. The molecule has 0 aliphatic rings. The van der Waals surface area contributed by atoms with Crippen LogP contribution >= 0.6 is 11.6 Å². The third-order valence-electron chi connectivity index (χ3n) is 3.39. The zero-order valence-corrected chi connectivity index (χ0v) is 12.8. The Labute approximate surface area is 140 Å². The van der Waals surface area contributed by atoms with Gasteiger partial charge < -0.3 is 10.2 Å². The number of phenolic OH excluding ortho intramolecular Hbond substituents is 2. The van der Waals surface area contributed by atoms with Crippen molar-refractivity contribution in [1.82, 2.24) is 0 Å². The van der Waals surface area contributed by atoms with E-state index in [4.69, 9.17) is 11.6 Å². The summed E-state index contributed by atoms with van der Waals surface area (Å²) in [6, 6.07) is 11.8. The summed E-state index contributed by atoms with van der Waals surface area (Å²) in [4.78, 5) is 10.0. The SMILES string of the molecule is O=[N+]([O-])c1ccc(N=Nc2ccc3c(Cl)cccc3c2O)c(O)c1. The summed E-state index contributed by atoms with van der Waals surface area (Å²) in [5, 5.41) is 40.1. The summed E-state index contributed by atoms with van der Waals surface area (Å²) < 4.78 is 0. The van der Waals surface area contributed by atoms with Crippen molar-refractivity contribution in [2.45, 2.75) is 0 Å². The van der Waals surface area contributed by atoms with Gasteiger partial charge in [0.05, 0.1) is 11.0 Å². The number of nitrogens with zero attached hydrogens (tertiary/aromatic N) is 3. The number of nitro groups is 1. The van der Waals surface area contributed by atoms with Gasteiger partial charge in [0.1, 0.15) is 17.1 Å². The molecule has 2 N–H and O–H groups in total. The van der Waals surface area contributed by atoms with Gasteiger partial charge in [0.25, 0.3) is 5.69 Å². The van der Waals surface area contributed by atoms with E-state index in [-0.39, 0.29) is 28.6 Å². The summed E-state index contributed by atoms with van der Waals surface area (Å²) in [7, 11) is 0. The van der Waals surface area contributed by atoms with Crippen LogP contribution in [-0.2, 0) is 0 Å². The minimum Gasteiger partial charge on any atom is -0.505 e. The maximum absolute atomic E-state index is 10.6. The Morgan fingerprint density at radius 3 is 2.38 bits per heavy atom. The average Bonchev–Trinajstić information content (AvgIpc) is 2.56. The third-order valence-corrected chi connectivity index (χ3v) is 3.72. The Hall–Kier alpha value is -3.19. The molecule has 0 fully saturated rings. The Balaban J connectivity index is 1.99. The van der Waals surface area contributed by atoms with Crippen LogP contribution in [-0.4, -0.2) is 15.1 Å². The summed E-state index contributed by atoms with van der Waals surface area (Å²) in [5.41, 5.74) is -0.0247. The molecule has 3 aromatic carbocycles. The van der Waals surface area contributed by atoms with E-state index in [1.165, 1.54) is 18.2 Å². The van der Waals surface area contributed by atoms with E-state index in [9.17, 15) is 20.3 Å². The van der Waals surface area contributed by atoms with Gasteiger partial charge in [0.15, 0.2) is 5.75 Å². The van der Waals surface area contributed by atoms with Gasteiger partial charge in [-0.2, -0.15) is 0 Å². The lowest BCUT2D eigenvalue weighted by molar-refractivity contribution is -0.384. The topological polar surface area (TPSA) is 108 Å². The molecule has 3 rings (SSSR count). The molecule has 0 unspecified atom stereocenters. The molecule has 0 bridgehead atoms. The zero-order chi connectivity index (χ0) is 17.3. The second-order valence-electron chi connectivity index (χ2n) is 4.90. The lowest BCUT2D eigenvalue weighted by atomic mass is 10.1. The monoisotopic (exact) mass is 343 g/mol. The molecule has 0 atom stereocenters. The summed E-state index contributed by atoms with van der Waals surface area (Å²) in [5.74, 6) is -0.476. The second-order valence-corrected chi connectivity index (χ2v) is 5.31. The number of phenols is 2. The van der Waals surface area contributed by atoms with E-state index in [2.05, 4.69) is 10.2 Å². The number of rotatable bonds is 3. The fourth-order valence-electron chi connectivity index (χ4n) is 2.19. The van der Waals surface area contributed by atoms with Crippen LogP contribution in [0.2, 0.25) is 5.02 Å². The summed E-state index contributed by atoms with van der Waals surface area (Å²) >= 11 is 6.06. The van der Waals surface area contributed by atoms with Gasteiger partial charge in [-0.1, -0.05) is 29.8 Å². The van der Waals surface area contributed by atoms with Crippen molar-refractivity contribution >= 4 is 39.4 Å². The average molecular weight is 344 g/mol. The van der Waals surface area contributed by atoms with E-state index < -0.39 is 4.92 Å². The highest BCUT2D eigenvalue weighted by Crippen LogP contribution is 2.39. The predicted molar refractivity (Wildman–Crippen MR) is 89.6 cm³/mol. The fraction of sp³-hybridized carbons (Fsp3) is 0. The van der Waals surface area contributed by atoms with Crippen LogP contribution in [0.25, 0.3) is 10.8 Å². The van der Waals surface area contributed by atoms with Gasteiger partial charge in [0.2, 0.25) is 0 Å². The maximum Gasteiger partial charge on any atom is 0.273 e. The normalized spacial score (nSPS) is 11.2. The molecule has 8 heteroatoms. The van der Waals surface area contributed by atoms with E-state index in [1.807, 2.05) is 0 Å². The van der Waals surface area contributed by atoms with Gasteiger partial charge in [-0.3, -0.25) is 10.1 Å². The number of hydrogen-bond donors (Lipinski definition) is 2. The minimum absolute atomic E-state index is 0.0474. The van der Waals surface area contributed by atoms with Crippen LogP contribution in [0.5, 0.6) is 11.5 Å². The second kappa shape index (κ2) is 6.13. The van der Waals surface area contributed by atoms with Gasteiger partial charge in [-0.25, -0.2) is 0 Å². The molecule has 7 nitrogen and oxygen atoms in total. The standard InChI is InChI=1S/C16H10ClN3O4/c17-12-3-1-2-11-10(12)5-7-14(16(11)22)19-18-13-6-4-9(20(23)24)8-15(13)21/h1-8,21-22H. The molecule has 0 heterocycles. The van der Waals surface area contributed by atoms with Gasteiger partial charge in [0, 0.05) is 21.9 Å². The Bertz CT molecular complexity index is 988. The smallest absolute Gasteiger partial charge is 0.273 e. The number of fused-ring (bicyclic) bond motifs is 1. The van der Waals surface area contributed by atoms with Crippen LogP contribution in [0.15, 0.2) is 58.8 Å². The first-order valence-corrected chi connectivity index (χ1v) is 7.14. The van der Waals surface area contributed by atoms with Crippen molar-refractivity contribution in [2.24, 2.45) is 10.2 Å². The minimum atomic E-state index is -0.625. The largest absolute Gasteiger partial charge is 0.505 e. The first kappa shape index (κ1) is 15.7. The van der Waals surface area contributed by atoms with Gasteiger partial charge in [-0.05, 0) is 18.2 Å². The number of nitro benzene ring substituents is 1. The highest BCUT2D eigenvalue weighted by Gasteiger charge is 2.11. The highest BCUT2D eigenvalue weighted by molar-refractivity contribution is 6.35. The highest BCUT2D eigenvalue weighted by atomic mass is 35.5. The first-order chi connectivity index (χ1) is 11.5. The fourth-order valence-corrected chi connectivity index (χ4v) is 2.43.